The summed E-state index contributed by atoms with van der Waals surface area (Å²) in [6.45, 7) is 1.90. The van der Waals surface area contributed by atoms with E-state index in [1.165, 1.54) is 7.11 Å². The molecule has 0 amide bonds. The Morgan fingerprint density at radius 1 is 1.18 bits per heavy atom. The molecule has 0 spiro atoms. The predicted octanol–water partition coefficient (Wildman–Crippen LogP) is 2.45. The molecule has 0 aliphatic carbocycles. The lowest BCUT2D eigenvalue weighted by atomic mass is 10.2. The molecule has 0 fully saturated rings. The van der Waals surface area contributed by atoms with Gasteiger partial charge in [0.2, 0.25) is 0 Å². The number of hydrogen-bond acceptors (Lipinski definition) is 5. The van der Waals surface area contributed by atoms with Crippen LogP contribution < -0.4 is 0 Å². The third-order valence-corrected chi connectivity index (χ3v) is 3.36. The van der Waals surface area contributed by atoms with Crippen molar-refractivity contribution < 1.29 is 19.1 Å². The summed E-state index contributed by atoms with van der Waals surface area (Å²) in [7, 11) is 1.26. The Balaban J connectivity index is 2.36. The normalized spacial score (nSPS) is 10.8. The first kappa shape index (κ1) is 14.1. The maximum atomic E-state index is 12.1. The minimum Gasteiger partial charge on any atom is -0.464 e. The lowest BCUT2D eigenvalue weighted by Crippen LogP contribution is -2.14. The van der Waals surface area contributed by atoms with Gasteiger partial charge >= 0.3 is 11.9 Å². The highest BCUT2D eigenvalue weighted by atomic mass is 16.5. The van der Waals surface area contributed by atoms with Gasteiger partial charge in [0.05, 0.1) is 13.7 Å². The zero-order valence-corrected chi connectivity index (χ0v) is 12.2. The van der Waals surface area contributed by atoms with Gasteiger partial charge in [-0.3, -0.25) is 4.40 Å². The fourth-order valence-corrected chi connectivity index (χ4v) is 2.40. The van der Waals surface area contributed by atoms with Crippen LogP contribution >= 0.6 is 0 Å². The van der Waals surface area contributed by atoms with Crippen molar-refractivity contribution in [2.75, 3.05) is 13.7 Å². The first-order chi connectivity index (χ1) is 10.7. The topological polar surface area (TPSA) is 69.9 Å². The van der Waals surface area contributed by atoms with Crippen LogP contribution in [0.25, 0.3) is 16.4 Å². The van der Waals surface area contributed by atoms with E-state index in [-0.39, 0.29) is 18.0 Å². The molecule has 0 bridgehead atoms. The molecule has 112 valence electrons. The van der Waals surface area contributed by atoms with Gasteiger partial charge in [-0.1, -0.05) is 24.3 Å². The van der Waals surface area contributed by atoms with E-state index in [1.54, 1.807) is 17.5 Å². The van der Waals surface area contributed by atoms with Crippen LogP contribution in [-0.4, -0.2) is 35.0 Å². The van der Waals surface area contributed by atoms with Crippen molar-refractivity contribution >= 4 is 28.4 Å². The molecule has 0 saturated heterocycles. The van der Waals surface area contributed by atoms with E-state index < -0.39 is 11.9 Å². The fourth-order valence-electron chi connectivity index (χ4n) is 2.40. The number of pyridine rings is 1. The van der Waals surface area contributed by atoms with Crippen molar-refractivity contribution in [1.29, 1.82) is 0 Å². The van der Waals surface area contributed by atoms with Crippen molar-refractivity contribution in [2.24, 2.45) is 0 Å². The van der Waals surface area contributed by atoms with Gasteiger partial charge in [-0.05, 0) is 18.4 Å². The van der Waals surface area contributed by atoms with Crippen LogP contribution in [0.4, 0.5) is 0 Å². The van der Waals surface area contributed by atoms with E-state index in [9.17, 15) is 9.59 Å². The highest BCUT2D eigenvalue weighted by Gasteiger charge is 2.26. The van der Waals surface area contributed by atoms with Gasteiger partial charge in [-0.25, -0.2) is 14.6 Å². The zero-order valence-electron chi connectivity index (χ0n) is 12.2. The summed E-state index contributed by atoms with van der Waals surface area (Å²) in [6, 6.07) is 9.46. The van der Waals surface area contributed by atoms with E-state index in [0.717, 1.165) is 10.8 Å². The van der Waals surface area contributed by atoms with Crippen LogP contribution in [0.5, 0.6) is 0 Å². The number of rotatable bonds is 3. The summed E-state index contributed by atoms with van der Waals surface area (Å²) in [4.78, 5) is 28.5. The van der Waals surface area contributed by atoms with E-state index in [2.05, 4.69) is 4.98 Å². The number of hydrogen-bond donors (Lipinski definition) is 0. The van der Waals surface area contributed by atoms with Gasteiger partial charge in [0.15, 0.2) is 11.4 Å². The molecule has 22 heavy (non-hydrogen) atoms. The second-order valence-electron chi connectivity index (χ2n) is 4.62. The number of carbonyl (C=O) groups excluding carboxylic acids is 2. The molecule has 0 atom stereocenters. The quantitative estimate of drug-likeness (QED) is 0.695. The van der Waals surface area contributed by atoms with Crippen LogP contribution in [0, 0.1) is 0 Å². The largest absolute Gasteiger partial charge is 0.464 e. The smallest absolute Gasteiger partial charge is 0.359 e. The Kier molecular flexibility index (Phi) is 3.50. The number of fused-ring (bicyclic) bond motifs is 3. The van der Waals surface area contributed by atoms with Crippen molar-refractivity contribution in [3.63, 3.8) is 0 Å². The van der Waals surface area contributed by atoms with E-state index in [4.69, 9.17) is 9.47 Å². The van der Waals surface area contributed by atoms with Crippen LogP contribution in [0.15, 0.2) is 36.5 Å². The molecular formula is C16H14N2O4. The molecule has 2 aromatic heterocycles. The third kappa shape index (κ3) is 2.09. The predicted molar refractivity (Wildman–Crippen MR) is 80.0 cm³/mol. The number of ether oxygens (including phenoxy) is 2. The molecule has 1 aromatic carbocycles. The standard InChI is InChI=1S/C16H14N2O4/c1-3-22-15(19)12-13(16(20)21-2)18-9-8-10-6-4-5-7-11(10)14(18)17-12/h4-9H,3H2,1-2H3. The van der Waals surface area contributed by atoms with Gasteiger partial charge in [-0.2, -0.15) is 0 Å². The number of esters is 2. The van der Waals surface area contributed by atoms with Crippen molar-refractivity contribution in [3.8, 4) is 0 Å². The lowest BCUT2D eigenvalue weighted by Gasteiger charge is -2.04. The molecular weight excluding hydrogens is 284 g/mol. The maximum Gasteiger partial charge on any atom is 0.359 e. The highest BCUT2D eigenvalue weighted by Crippen LogP contribution is 2.23. The lowest BCUT2D eigenvalue weighted by molar-refractivity contribution is 0.0496. The summed E-state index contributed by atoms with van der Waals surface area (Å²) in [5, 5.41) is 1.80. The summed E-state index contributed by atoms with van der Waals surface area (Å²) < 4.78 is 11.3. The molecule has 0 aliphatic heterocycles. The maximum absolute atomic E-state index is 12.1. The van der Waals surface area contributed by atoms with Crippen LogP contribution in [0.2, 0.25) is 0 Å². The Labute approximate surface area is 126 Å². The fraction of sp³-hybridized carbons (Fsp3) is 0.188. The SMILES string of the molecule is CCOC(=O)c1nc2c3ccccc3ccn2c1C(=O)OC. The molecule has 0 aliphatic rings. The highest BCUT2D eigenvalue weighted by molar-refractivity contribution is 6.04. The summed E-state index contributed by atoms with van der Waals surface area (Å²) in [5.41, 5.74) is 0.549. The van der Waals surface area contributed by atoms with Gasteiger partial charge in [0, 0.05) is 11.6 Å². The van der Waals surface area contributed by atoms with Gasteiger partial charge < -0.3 is 9.47 Å². The summed E-state index contributed by atoms with van der Waals surface area (Å²) >= 11 is 0. The number of methoxy groups -OCH3 is 1. The van der Waals surface area contributed by atoms with Gasteiger partial charge in [0.1, 0.15) is 5.65 Å². The summed E-state index contributed by atoms with van der Waals surface area (Å²) in [5.74, 6) is -1.28. The van der Waals surface area contributed by atoms with Crippen molar-refractivity contribution in [1.82, 2.24) is 9.38 Å². The van der Waals surface area contributed by atoms with Gasteiger partial charge in [-0.15, -0.1) is 0 Å². The molecule has 0 unspecified atom stereocenters. The Morgan fingerprint density at radius 2 is 1.95 bits per heavy atom. The van der Waals surface area contributed by atoms with Crippen LogP contribution in [0.3, 0.4) is 0 Å². The number of benzene rings is 1. The zero-order chi connectivity index (χ0) is 15.7. The first-order valence-corrected chi connectivity index (χ1v) is 6.82. The Hall–Kier alpha value is -2.89. The molecule has 0 radical (unpaired) electrons. The Bertz CT molecular complexity index is 882. The van der Waals surface area contributed by atoms with Crippen molar-refractivity contribution in [3.05, 3.63) is 47.9 Å². The molecule has 3 rings (SSSR count). The third-order valence-electron chi connectivity index (χ3n) is 3.36. The van der Waals surface area contributed by atoms with Crippen molar-refractivity contribution in [2.45, 2.75) is 6.92 Å². The molecule has 6 heteroatoms. The minimum atomic E-state index is -0.643. The van der Waals surface area contributed by atoms with Crippen LogP contribution in [0.1, 0.15) is 27.9 Å². The molecule has 6 nitrogen and oxygen atoms in total. The van der Waals surface area contributed by atoms with E-state index in [0.29, 0.717) is 5.65 Å². The monoisotopic (exact) mass is 298 g/mol. The van der Waals surface area contributed by atoms with Crippen LogP contribution in [-0.2, 0) is 9.47 Å². The number of aromatic nitrogens is 2. The molecule has 3 aromatic rings. The molecule has 2 heterocycles. The van der Waals surface area contributed by atoms with E-state index in [1.807, 2.05) is 30.3 Å². The number of carbonyl (C=O) groups is 2. The van der Waals surface area contributed by atoms with E-state index >= 15 is 0 Å². The average Bonchev–Trinajstić information content (AvgIpc) is 2.94. The average molecular weight is 298 g/mol. The van der Waals surface area contributed by atoms with Gasteiger partial charge in [0.25, 0.3) is 0 Å². The second-order valence-corrected chi connectivity index (χ2v) is 4.62. The second kappa shape index (κ2) is 5.48. The first-order valence-electron chi connectivity index (χ1n) is 6.82. The summed E-state index contributed by atoms with van der Waals surface area (Å²) in [6.07, 6.45) is 1.69. The number of imidazole rings is 1. The Morgan fingerprint density at radius 3 is 2.68 bits per heavy atom. The minimum absolute atomic E-state index is 0.0370. The number of nitrogens with zero attached hydrogens (tertiary/aromatic N) is 2. The molecule has 0 saturated carbocycles. The molecule has 0 N–H and O–H groups in total.